The Morgan fingerprint density at radius 3 is 2.66 bits per heavy atom. The molecule has 166 valence electrons. The summed E-state index contributed by atoms with van der Waals surface area (Å²) in [6, 6.07) is 17.2. The molecule has 32 heavy (non-hydrogen) atoms. The van der Waals surface area contributed by atoms with Crippen molar-refractivity contribution in [2.75, 3.05) is 25.2 Å². The van der Waals surface area contributed by atoms with Gasteiger partial charge in [-0.25, -0.2) is 0 Å². The van der Waals surface area contributed by atoms with Crippen LogP contribution in [0.3, 0.4) is 0 Å². The van der Waals surface area contributed by atoms with Crippen LogP contribution in [-0.4, -0.2) is 40.5 Å². The molecule has 0 saturated carbocycles. The van der Waals surface area contributed by atoms with Gasteiger partial charge >= 0.3 is 0 Å². The van der Waals surface area contributed by atoms with Crippen molar-refractivity contribution in [3.05, 3.63) is 70.5 Å². The molecule has 2 aromatic carbocycles. The van der Waals surface area contributed by atoms with E-state index in [1.54, 1.807) is 18.2 Å². The van der Waals surface area contributed by atoms with Gasteiger partial charge in [0.15, 0.2) is 11.0 Å². The lowest BCUT2D eigenvalue weighted by Crippen LogP contribution is -3.06. The first-order chi connectivity index (χ1) is 15.4. The van der Waals surface area contributed by atoms with Crippen LogP contribution in [0.5, 0.6) is 0 Å². The van der Waals surface area contributed by atoms with Crippen LogP contribution in [0, 0.1) is 11.3 Å². The zero-order valence-electron chi connectivity index (χ0n) is 18.3. The number of quaternary nitrogens is 1. The number of nitrogens with one attached hydrogen (secondary N) is 2. The molecule has 0 aliphatic heterocycles. The van der Waals surface area contributed by atoms with Crippen molar-refractivity contribution in [1.82, 2.24) is 14.8 Å². The highest BCUT2D eigenvalue weighted by Crippen LogP contribution is 2.24. The first-order valence-electron chi connectivity index (χ1n) is 10.3. The Morgan fingerprint density at radius 2 is 2.00 bits per heavy atom. The van der Waals surface area contributed by atoms with Gasteiger partial charge in [0, 0.05) is 11.4 Å². The highest BCUT2D eigenvalue weighted by molar-refractivity contribution is 7.99. The SMILES string of the molecule is CC[C@@H](c1nnc(SCC(=O)Nc2cc(Cl)ccc2C#N)n1Cc1ccccc1)[NH+](C)C. The quantitative estimate of drug-likeness (QED) is 0.470. The molecule has 1 atom stereocenters. The highest BCUT2D eigenvalue weighted by Gasteiger charge is 2.25. The standard InChI is InChI=1S/C23H25ClN6OS/c1-4-20(29(2)3)22-27-28-23(30(22)14-16-8-6-5-7-9-16)32-15-21(31)26-19-12-18(24)11-10-17(19)13-25/h5-12,20H,4,14-15H2,1-3H3,(H,26,31)/p+1/t20-/m0/s1. The van der Waals surface area contributed by atoms with Crippen LogP contribution < -0.4 is 10.2 Å². The fourth-order valence-electron chi connectivity index (χ4n) is 3.46. The monoisotopic (exact) mass is 469 g/mol. The fourth-order valence-corrected chi connectivity index (χ4v) is 4.38. The summed E-state index contributed by atoms with van der Waals surface area (Å²) >= 11 is 7.33. The number of carbonyl (C=O) groups is 1. The number of aromatic nitrogens is 3. The van der Waals surface area contributed by atoms with Crippen molar-refractivity contribution in [3.8, 4) is 6.07 Å². The number of anilines is 1. The molecule has 3 aromatic rings. The summed E-state index contributed by atoms with van der Waals surface area (Å²) in [5.41, 5.74) is 1.90. The number of carbonyl (C=O) groups excluding carboxylic acids is 1. The van der Waals surface area contributed by atoms with E-state index in [1.807, 2.05) is 18.2 Å². The van der Waals surface area contributed by atoms with E-state index in [4.69, 9.17) is 11.6 Å². The first kappa shape index (κ1) is 23.8. The topological polar surface area (TPSA) is 88.0 Å². The molecule has 0 saturated heterocycles. The number of amides is 1. The van der Waals surface area contributed by atoms with E-state index in [2.05, 4.69) is 59.3 Å². The highest BCUT2D eigenvalue weighted by atomic mass is 35.5. The Balaban J connectivity index is 1.80. The lowest BCUT2D eigenvalue weighted by atomic mass is 10.2. The predicted molar refractivity (Wildman–Crippen MR) is 127 cm³/mol. The van der Waals surface area contributed by atoms with Crippen LogP contribution in [0.2, 0.25) is 5.02 Å². The van der Waals surface area contributed by atoms with Gasteiger partial charge in [-0.3, -0.25) is 9.36 Å². The molecule has 0 unspecified atom stereocenters. The van der Waals surface area contributed by atoms with Gasteiger partial charge in [0.1, 0.15) is 12.1 Å². The van der Waals surface area contributed by atoms with Crippen LogP contribution in [0.15, 0.2) is 53.7 Å². The fraction of sp³-hybridized carbons (Fsp3) is 0.304. The van der Waals surface area contributed by atoms with E-state index in [9.17, 15) is 10.1 Å². The molecule has 0 fully saturated rings. The van der Waals surface area contributed by atoms with Gasteiger partial charge in [-0.1, -0.05) is 60.6 Å². The third kappa shape index (κ3) is 5.88. The van der Waals surface area contributed by atoms with Crippen molar-refractivity contribution in [2.24, 2.45) is 0 Å². The zero-order valence-corrected chi connectivity index (χ0v) is 19.9. The molecule has 0 spiro atoms. The van der Waals surface area contributed by atoms with Gasteiger partial charge in [-0.05, 0) is 23.8 Å². The maximum absolute atomic E-state index is 12.6. The Morgan fingerprint density at radius 1 is 1.25 bits per heavy atom. The molecular formula is C23H26ClN6OS+. The Hall–Kier alpha value is -2.86. The van der Waals surface area contributed by atoms with E-state index < -0.39 is 0 Å². The maximum atomic E-state index is 12.6. The van der Waals surface area contributed by atoms with Crippen molar-refractivity contribution < 1.29 is 9.69 Å². The first-order valence-corrected chi connectivity index (χ1v) is 11.7. The summed E-state index contributed by atoms with van der Waals surface area (Å²) in [6.45, 7) is 2.76. The van der Waals surface area contributed by atoms with Gasteiger partial charge in [0.2, 0.25) is 5.91 Å². The number of rotatable bonds is 9. The van der Waals surface area contributed by atoms with Crippen molar-refractivity contribution in [1.29, 1.82) is 5.26 Å². The molecule has 0 aliphatic rings. The molecule has 3 rings (SSSR count). The number of benzene rings is 2. The van der Waals surface area contributed by atoms with Gasteiger partial charge in [0.05, 0.1) is 37.6 Å². The molecule has 0 aliphatic carbocycles. The van der Waals surface area contributed by atoms with Crippen molar-refractivity contribution in [2.45, 2.75) is 31.1 Å². The second-order valence-electron chi connectivity index (χ2n) is 7.59. The number of hydrogen-bond donors (Lipinski definition) is 2. The summed E-state index contributed by atoms with van der Waals surface area (Å²) in [4.78, 5) is 13.9. The molecule has 1 aromatic heterocycles. The number of hydrogen-bond acceptors (Lipinski definition) is 5. The smallest absolute Gasteiger partial charge is 0.234 e. The van der Waals surface area contributed by atoms with E-state index in [0.29, 0.717) is 28.0 Å². The second kappa shape index (κ2) is 11.1. The van der Waals surface area contributed by atoms with Crippen LogP contribution in [0.25, 0.3) is 0 Å². The van der Waals surface area contributed by atoms with Crippen LogP contribution in [0.4, 0.5) is 5.69 Å². The lowest BCUT2D eigenvalue weighted by Gasteiger charge is -2.20. The molecule has 7 nitrogen and oxygen atoms in total. The molecule has 2 N–H and O–H groups in total. The van der Waals surface area contributed by atoms with Crippen LogP contribution in [0.1, 0.15) is 36.3 Å². The minimum Gasteiger partial charge on any atom is -0.331 e. The average molecular weight is 470 g/mol. The van der Waals surface area contributed by atoms with Crippen molar-refractivity contribution >= 4 is 35.0 Å². The summed E-state index contributed by atoms with van der Waals surface area (Å²) < 4.78 is 2.09. The van der Waals surface area contributed by atoms with Gasteiger partial charge < -0.3 is 10.2 Å². The Kier molecular flexibility index (Phi) is 8.28. The lowest BCUT2D eigenvalue weighted by molar-refractivity contribution is -0.893. The largest absolute Gasteiger partial charge is 0.331 e. The van der Waals surface area contributed by atoms with Crippen LogP contribution >= 0.6 is 23.4 Å². The summed E-state index contributed by atoms with van der Waals surface area (Å²) in [6.07, 6.45) is 0.923. The zero-order chi connectivity index (χ0) is 23.1. The third-order valence-corrected chi connectivity index (χ3v) is 6.26. The predicted octanol–water partition coefficient (Wildman–Crippen LogP) is 3.18. The number of nitriles is 1. The minimum absolute atomic E-state index is 0.135. The average Bonchev–Trinajstić information content (AvgIpc) is 3.15. The van der Waals surface area contributed by atoms with Gasteiger partial charge in [0.25, 0.3) is 0 Å². The van der Waals surface area contributed by atoms with Gasteiger partial charge in [-0.2, -0.15) is 5.26 Å². The number of nitrogens with zero attached hydrogens (tertiary/aromatic N) is 4. The van der Waals surface area contributed by atoms with E-state index in [1.165, 1.54) is 16.7 Å². The second-order valence-corrected chi connectivity index (χ2v) is 8.97. The minimum atomic E-state index is -0.241. The summed E-state index contributed by atoms with van der Waals surface area (Å²) in [7, 11) is 4.21. The van der Waals surface area contributed by atoms with E-state index in [0.717, 1.165) is 17.8 Å². The molecule has 0 bridgehead atoms. The van der Waals surface area contributed by atoms with Crippen LogP contribution in [-0.2, 0) is 11.3 Å². The Labute approximate surface area is 197 Å². The van der Waals surface area contributed by atoms with E-state index in [-0.39, 0.29) is 17.7 Å². The molecule has 1 heterocycles. The number of halogens is 1. The normalized spacial score (nSPS) is 11.9. The number of thioether (sulfide) groups is 1. The maximum Gasteiger partial charge on any atom is 0.234 e. The summed E-state index contributed by atoms with van der Waals surface area (Å²) in [5.74, 6) is 0.798. The molecule has 1 amide bonds. The third-order valence-electron chi connectivity index (χ3n) is 5.05. The Bertz CT molecular complexity index is 1110. The molecular weight excluding hydrogens is 444 g/mol. The van der Waals surface area contributed by atoms with Crippen molar-refractivity contribution in [3.63, 3.8) is 0 Å². The van der Waals surface area contributed by atoms with Gasteiger partial charge in [-0.15, -0.1) is 10.2 Å². The molecule has 0 radical (unpaired) electrons. The summed E-state index contributed by atoms with van der Waals surface area (Å²) in [5, 5.41) is 22.1. The van der Waals surface area contributed by atoms with E-state index >= 15 is 0 Å². The molecule has 9 heteroatoms.